The first-order valence-electron chi connectivity index (χ1n) is 7.74. The van der Waals surface area contributed by atoms with Gasteiger partial charge in [-0.15, -0.1) is 0 Å². The molecule has 1 heterocycles. The number of carbonyl (C=O) groups is 1. The van der Waals surface area contributed by atoms with Crippen LogP contribution in [0.15, 0.2) is 60.9 Å². The standard InChI is InChI=1S/C18H15FN4O3/c1-22-10-9-20-17(22)16(14-7-2-3-8-15(14)19)21-18(24)12-5-4-6-13(11-12)23(25)26/h2-11,16H,1H3,(H,21,24)/t16-/m1/s1. The number of imidazole rings is 1. The van der Waals surface area contributed by atoms with Crippen LogP contribution in [-0.4, -0.2) is 20.4 Å². The second-order valence-electron chi connectivity index (χ2n) is 5.63. The summed E-state index contributed by atoms with van der Waals surface area (Å²) in [5.74, 6) is -0.612. The minimum Gasteiger partial charge on any atom is -0.338 e. The number of nitro groups is 1. The highest BCUT2D eigenvalue weighted by molar-refractivity contribution is 5.95. The zero-order valence-electron chi connectivity index (χ0n) is 13.8. The number of hydrogen-bond acceptors (Lipinski definition) is 4. The molecule has 3 aromatic rings. The number of carbonyl (C=O) groups excluding carboxylic acids is 1. The minimum atomic E-state index is -0.844. The van der Waals surface area contributed by atoms with Crippen molar-refractivity contribution in [1.29, 1.82) is 0 Å². The van der Waals surface area contributed by atoms with Crippen LogP contribution in [0.2, 0.25) is 0 Å². The molecule has 3 rings (SSSR count). The number of nitrogens with zero attached hydrogens (tertiary/aromatic N) is 3. The van der Waals surface area contributed by atoms with Crippen LogP contribution >= 0.6 is 0 Å². The Morgan fingerprint density at radius 1 is 1.27 bits per heavy atom. The van der Waals surface area contributed by atoms with Gasteiger partial charge in [0.15, 0.2) is 0 Å². The second-order valence-corrected chi connectivity index (χ2v) is 5.63. The molecule has 7 nitrogen and oxygen atoms in total. The van der Waals surface area contributed by atoms with Crippen molar-refractivity contribution < 1.29 is 14.1 Å². The molecule has 1 atom stereocenters. The van der Waals surface area contributed by atoms with E-state index in [0.29, 0.717) is 5.82 Å². The van der Waals surface area contributed by atoms with Gasteiger partial charge in [0.1, 0.15) is 17.7 Å². The van der Waals surface area contributed by atoms with Crippen molar-refractivity contribution in [3.8, 4) is 0 Å². The van der Waals surface area contributed by atoms with Gasteiger partial charge in [0.2, 0.25) is 0 Å². The second kappa shape index (κ2) is 7.14. The lowest BCUT2D eigenvalue weighted by molar-refractivity contribution is -0.384. The van der Waals surface area contributed by atoms with E-state index in [1.54, 1.807) is 42.2 Å². The van der Waals surface area contributed by atoms with Gasteiger partial charge in [-0.3, -0.25) is 14.9 Å². The van der Waals surface area contributed by atoms with Crippen LogP contribution in [0.5, 0.6) is 0 Å². The molecule has 0 aliphatic heterocycles. The van der Waals surface area contributed by atoms with E-state index in [-0.39, 0.29) is 16.8 Å². The number of aryl methyl sites for hydroxylation is 1. The average molecular weight is 354 g/mol. The molecule has 132 valence electrons. The number of halogens is 1. The zero-order valence-corrected chi connectivity index (χ0v) is 13.8. The maximum absolute atomic E-state index is 14.3. The number of nitro benzene ring substituents is 1. The Morgan fingerprint density at radius 2 is 2.04 bits per heavy atom. The number of rotatable bonds is 5. The quantitative estimate of drug-likeness (QED) is 0.563. The smallest absolute Gasteiger partial charge is 0.270 e. The summed E-state index contributed by atoms with van der Waals surface area (Å²) in [5.41, 5.74) is 0.160. The molecule has 1 aromatic heterocycles. The molecule has 0 unspecified atom stereocenters. The van der Waals surface area contributed by atoms with Crippen LogP contribution < -0.4 is 5.32 Å². The van der Waals surface area contributed by atoms with Crippen LogP contribution in [-0.2, 0) is 7.05 Å². The molecule has 0 fully saturated rings. The maximum Gasteiger partial charge on any atom is 0.270 e. The van der Waals surface area contributed by atoms with Gasteiger partial charge >= 0.3 is 0 Å². The van der Waals surface area contributed by atoms with E-state index in [9.17, 15) is 19.3 Å². The van der Waals surface area contributed by atoms with E-state index in [4.69, 9.17) is 0 Å². The Morgan fingerprint density at radius 3 is 2.69 bits per heavy atom. The highest BCUT2D eigenvalue weighted by Crippen LogP contribution is 2.24. The van der Waals surface area contributed by atoms with E-state index >= 15 is 0 Å². The Hall–Kier alpha value is -3.55. The first-order valence-corrected chi connectivity index (χ1v) is 7.74. The SMILES string of the molecule is Cn1ccnc1[C@H](NC(=O)c1cccc([N+](=O)[O-])c1)c1ccccc1F. The van der Waals surface area contributed by atoms with Crippen molar-refractivity contribution in [2.75, 3.05) is 0 Å². The third kappa shape index (κ3) is 3.44. The summed E-state index contributed by atoms with van der Waals surface area (Å²) in [6.45, 7) is 0. The number of hydrogen-bond donors (Lipinski definition) is 1. The molecule has 1 N–H and O–H groups in total. The largest absolute Gasteiger partial charge is 0.338 e. The van der Waals surface area contributed by atoms with Gasteiger partial charge in [-0.2, -0.15) is 0 Å². The molecule has 0 aliphatic rings. The van der Waals surface area contributed by atoms with E-state index in [2.05, 4.69) is 10.3 Å². The van der Waals surface area contributed by atoms with Crippen LogP contribution in [0.4, 0.5) is 10.1 Å². The van der Waals surface area contributed by atoms with Crippen LogP contribution in [0.1, 0.15) is 27.8 Å². The van der Waals surface area contributed by atoms with Gasteiger partial charge in [0, 0.05) is 42.7 Å². The molecule has 0 aliphatic carbocycles. The van der Waals surface area contributed by atoms with Gasteiger partial charge < -0.3 is 9.88 Å². The lowest BCUT2D eigenvalue weighted by atomic mass is 10.0. The summed E-state index contributed by atoms with van der Waals surface area (Å²) >= 11 is 0. The topological polar surface area (TPSA) is 90.1 Å². The van der Waals surface area contributed by atoms with Crippen molar-refractivity contribution >= 4 is 11.6 Å². The van der Waals surface area contributed by atoms with Crippen molar-refractivity contribution in [3.63, 3.8) is 0 Å². The Kier molecular flexibility index (Phi) is 4.74. The van der Waals surface area contributed by atoms with Crippen molar-refractivity contribution in [1.82, 2.24) is 14.9 Å². The number of benzene rings is 2. The van der Waals surface area contributed by atoms with Crippen LogP contribution in [0.25, 0.3) is 0 Å². The maximum atomic E-state index is 14.3. The fourth-order valence-electron chi connectivity index (χ4n) is 2.62. The summed E-state index contributed by atoms with van der Waals surface area (Å²) in [7, 11) is 1.73. The number of aromatic nitrogens is 2. The molecular weight excluding hydrogens is 339 g/mol. The first kappa shape index (κ1) is 17.3. The zero-order chi connectivity index (χ0) is 18.7. The molecule has 0 radical (unpaired) electrons. The van der Waals surface area contributed by atoms with E-state index in [1.165, 1.54) is 30.3 Å². The number of amides is 1. The Balaban J connectivity index is 1.98. The molecular formula is C18H15FN4O3. The van der Waals surface area contributed by atoms with Gasteiger partial charge in [-0.05, 0) is 12.1 Å². The molecule has 1 amide bonds. The number of non-ortho nitro benzene ring substituents is 1. The highest BCUT2D eigenvalue weighted by Gasteiger charge is 2.24. The summed E-state index contributed by atoms with van der Waals surface area (Å²) in [6, 6.07) is 10.6. The normalized spacial score (nSPS) is 11.8. The molecule has 26 heavy (non-hydrogen) atoms. The number of nitrogens with one attached hydrogen (secondary N) is 1. The molecule has 0 spiro atoms. The fourth-order valence-corrected chi connectivity index (χ4v) is 2.62. The van der Waals surface area contributed by atoms with E-state index in [1.807, 2.05) is 0 Å². The lowest BCUT2D eigenvalue weighted by Gasteiger charge is -2.19. The van der Waals surface area contributed by atoms with E-state index in [0.717, 1.165) is 0 Å². The van der Waals surface area contributed by atoms with E-state index < -0.39 is 22.7 Å². The highest BCUT2D eigenvalue weighted by atomic mass is 19.1. The van der Waals surface area contributed by atoms with Crippen LogP contribution in [0, 0.1) is 15.9 Å². The van der Waals surface area contributed by atoms with Gasteiger partial charge in [-0.1, -0.05) is 24.3 Å². The van der Waals surface area contributed by atoms with Gasteiger partial charge in [-0.25, -0.2) is 9.37 Å². The van der Waals surface area contributed by atoms with Crippen LogP contribution in [0.3, 0.4) is 0 Å². The van der Waals surface area contributed by atoms with Crippen molar-refractivity contribution in [3.05, 3.63) is 93.8 Å². The monoisotopic (exact) mass is 354 g/mol. The third-order valence-electron chi connectivity index (χ3n) is 3.93. The third-order valence-corrected chi connectivity index (χ3v) is 3.93. The molecule has 0 bridgehead atoms. The summed E-state index contributed by atoms with van der Waals surface area (Å²) < 4.78 is 16.0. The predicted octanol–water partition coefficient (Wildman–Crippen LogP) is 2.99. The first-order chi connectivity index (χ1) is 12.5. The summed E-state index contributed by atoms with van der Waals surface area (Å²) in [4.78, 5) is 27.2. The molecule has 0 saturated carbocycles. The fraction of sp³-hybridized carbons (Fsp3) is 0.111. The van der Waals surface area contributed by atoms with Crippen molar-refractivity contribution in [2.45, 2.75) is 6.04 Å². The minimum absolute atomic E-state index is 0.106. The molecule has 8 heteroatoms. The molecule has 0 saturated heterocycles. The summed E-state index contributed by atoms with van der Waals surface area (Å²) in [5, 5.41) is 13.6. The Bertz CT molecular complexity index is 970. The summed E-state index contributed by atoms with van der Waals surface area (Å²) in [6.07, 6.45) is 3.23. The lowest BCUT2D eigenvalue weighted by Crippen LogP contribution is -2.31. The predicted molar refractivity (Wildman–Crippen MR) is 92.0 cm³/mol. The Labute approximate surface area is 148 Å². The molecule has 2 aromatic carbocycles. The van der Waals surface area contributed by atoms with Gasteiger partial charge in [0.05, 0.1) is 4.92 Å². The van der Waals surface area contributed by atoms with Crippen molar-refractivity contribution in [2.24, 2.45) is 7.05 Å². The average Bonchev–Trinajstić information content (AvgIpc) is 3.06. The van der Waals surface area contributed by atoms with Gasteiger partial charge in [0.25, 0.3) is 11.6 Å².